The van der Waals surface area contributed by atoms with Gasteiger partial charge in [-0.2, -0.15) is 0 Å². The van der Waals surface area contributed by atoms with Crippen LogP contribution in [0.1, 0.15) is 5.56 Å². The second kappa shape index (κ2) is 7.30. The first-order valence-corrected chi connectivity index (χ1v) is 7.05. The van der Waals surface area contributed by atoms with Gasteiger partial charge < -0.3 is 5.11 Å². The number of anilines is 1. The van der Waals surface area contributed by atoms with Crippen LogP contribution in [-0.2, 0) is 16.0 Å². The lowest BCUT2D eigenvalue weighted by molar-refractivity contribution is -0.131. The van der Waals surface area contributed by atoms with Crippen LogP contribution >= 0.6 is 11.3 Å². The molecule has 21 heavy (non-hydrogen) atoms. The summed E-state index contributed by atoms with van der Waals surface area (Å²) in [5, 5.41) is 10.9. The van der Waals surface area contributed by atoms with Gasteiger partial charge in [-0.1, -0.05) is 0 Å². The third-order valence-corrected chi connectivity index (χ3v) is 3.45. The lowest BCUT2D eigenvalue weighted by Crippen LogP contribution is -2.31. The number of carboxylic acids is 1. The summed E-state index contributed by atoms with van der Waals surface area (Å²) >= 11 is 1.33. The van der Waals surface area contributed by atoms with Crippen molar-refractivity contribution in [2.75, 3.05) is 11.4 Å². The van der Waals surface area contributed by atoms with E-state index in [1.165, 1.54) is 16.2 Å². The van der Waals surface area contributed by atoms with Gasteiger partial charge in [0, 0.05) is 42.7 Å². The normalized spacial score (nSPS) is 10.7. The van der Waals surface area contributed by atoms with Crippen LogP contribution in [0.2, 0.25) is 0 Å². The summed E-state index contributed by atoms with van der Waals surface area (Å²) in [6, 6.07) is 3.75. The van der Waals surface area contributed by atoms with Crippen molar-refractivity contribution in [1.29, 1.82) is 0 Å². The highest BCUT2D eigenvalue weighted by atomic mass is 32.1. The minimum atomic E-state index is -1.16. The average molecular weight is 303 g/mol. The zero-order chi connectivity index (χ0) is 15.1. The molecule has 108 valence electrons. The number of thiazole rings is 1. The van der Waals surface area contributed by atoms with Crippen molar-refractivity contribution in [2.24, 2.45) is 0 Å². The number of pyridine rings is 1. The van der Waals surface area contributed by atoms with Crippen LogP contribution in [0.15, 0.2) is 48.3 Å². The minimum Gasteiger partial charge on any atom is -0.478 e. The fourth-order valence-electron chi connectivity index (χ4n) is 1.67. The Labute approximate surface area is 125 Å². The second-order valence-electron chi connectivity index (χ2n) is 4.08. The van der Waals surface area contributed by atoms with Crippen LogP contribution < -0.4 is 4.90 Å². The monoisotopic (exact) mass is 303 g/mol. The molecule has 2 heterocycles. The molecular formula is C14H13N3O3S. The third kappa shape index (κ3) is 4.50. The molecule has 0 aromatic carbocycles. The van der Waals surface area contributed by atoms with E-state index in [0.29, 0.717) is 18.1 Å². The number of aliphatic carboxylic acids is 1. The van der Waals surface area contributed by atoms with Gasteiger partial charge in [-0.15, -0.1) is 11.3 Å². The van der Waals surface area contributed by atoms with Gasteiger partial charge in [-0.3, -0.25) is 14.7 Å². The molecule has 1 N–H and O–H groups in total. The Balaban J connectivity index is 2.10. The van der Waals surface area contributed by atoms with Crippen LogP contribution in [0, 0.1) is 0 Å². The molecular weight excluding hydrogens is 290 g/mol. The van der Waals surface area contributed by atoms with Crippen molar-refractivity contribution in [3.05, 3.63) is 53.8 Å². The average Bonchev–Trinajstić information content (AvgIpc) is 3.00. The maximum Gasteiger partial charge on any atom is 0.328 e. The number of hydrogen-bond donors (Lipinski definition) is 1. The van der Waals surface area contributed by atoms with Crippen molar-refractivity contribution in [2.45, 2.75) is 6.42 Å². The predicted molar refractivity (Wildman–Crippen MR) is 79.2 cm³/mol. The Kier molecular flexibility index (Phi) is 5.16. The van der Waals surface area contributed by atoms with Crippen molar-refractivity contribution in [3.63, 3.8) is 0 Å². The molecule has 2 rings (SSSR count). The maximum absolute atomic E-state index is 12.1. The molecule has 0 radical (unpaired) electrons. The van der Waals surface area contributed by atoms with Crippen molar-refractivity contribution in [3.8, 4) is 0 Å². The third-order valence-electron chi connectivity index (χ3n) is 2.66. The summed E-state index contributed by atoms with van der Waals surface area (Å²) < 4.78 is 0. The number of carbonyl (C=O) groups excluding carboxylic acids is 1. The van der Waals surface area contributed by atoms with Gasteiger partial charge in [0.2, 0.25) is 0 Å². The molecule has 0 fully saturated rings. The second-order valence-corrected chi connectivity index (χ2v) is 4.95. The summed E-state index contributed by atoms with van der Waals surface area (Å²) in [6.07, 6.45) is 7.48. The van der Waals surface area contributed by atoms with E-state index in [-0.39, 0.29) is 0 Å². The highest BCUT2D eigenvalue weighted by molar-refractivity contribution is 7.13. The van der Waals surface area contributed by atoms with E-state index in [4.69, 9.17) is 5.11 Å². The molecule has 2 aromatic rings. The lowest BCUT2D eigenvalue weighted by Gasteiger charge is -2.18. The Morgan fingerprint density at radius 3 is 2.62 bits per heavy atom. The molecule has 0 aliphatic rings. The van der Waals surface area contributed by atoms with Crippen molar-refractivity contribution >= 4 is 28.3 Å². The number of aromatic nitrogens is 2. The molecule has 0 spiro atoms. The van der Waals surface area contributed by atoms with Gasteiger partial charge in [-0.05, 0) is 24.1 Å². The SMILES string of the molecule is O=C(O)C=CC(=O)N(CCc1ccncc1)c1nccs1. The van der Waals surface area contributed by atoms with E-state index >= 15 is 0 Å². The molecule has 0 bridgehead atoms. The quantitative estimate of drug-likeness (QED) is 0.822. The summed E-state index contributed by atoms with van der Waals surface area (Å²) in [4.78, 5) is 32.1. The predicted octanol–water partition coefficient (Wildman–Crippen LogP) is 1.75. The smallest absolute Gasteiger partial charge is 0.328 e. The molecule has 6 nitrogen and oxygen atoms in total. The molecule has 0 saturated carbocycles. The van der Waals surface area contributed by atoms with E-state index in [9.17, 15) is 9.59 Å². The first-order valence-electron chi connectivity index (χ1n) is 6.17. The number of nitrogens with zero attached hydrogens (tertiary/aromatic N) is 3. The highest BCUT2D eigenvalue weighted by Gasteiger charge is 2.15. The lowest BCUT2D eigenvalue weighted by atomic mass is 10.2. The van der Waals surface area contributed by atoms with Crippen LogP contribution in [0.3, 0.4) is 0 Å². The zero-order valence-corrected chi connectivity index (χ0v) is 11.9. The van der Waals surface area contributed by atoms with Crippen LogP contribution in [0.4, 0.5) is 5.13 Å². The van der Waals surface area contributed by atoms with Gasteiger partial charge in [0.15, 0.2) is 5.13 Å². The summed E-state index contributed by atoms with van der Waals surface area (Å²) in [5.74, 6) is -1.56. The Bertz CT molecular complexity index is 626. The van der Waals surface area contributed by atoms with Crippen LogP contribution in [0.25, 0.3) is 0 Å². The van der Waals surface area contributed by atoms with E-state index < -0.39 is 11.9 Å². The molecule has 0 saturated heterocycles. The standard InChI is InChI=1S/C14H13N3O3S/c18-12(1-2-13(19)20)17(14-16-8-10-21-14)9-5-11-3-6-15-7-4-11/h1-4,6-8,10H,5,9H2,(H,19,20). The summed E-state index contributed by atoms with van der Waals surface area (Å²) in [6.45, 7) is 0.417. The summed E-state index contributed by atoms with van der Waals surface area (Å²) in [5.41, 5.74) is 1.04. The first kappa shape index (κ1) is 14.9. The minimum absolute atomic E-state index is 0.401. The fourth-order valence-corrected chi connectivity index (χ4v) is 2.35. The molecule has 0 unspecified atom stereocenters. The van der Waals surface area contributed by atoms with E-state index in [0.717, 1.165) is 17.7 Å². The number of hydrogen-bond acceptors (Lipinski definition) is 5. The fraction of sp³-hybridized carbons (Fsp3) is 0.143. The van der Waals surface area contributed by atoms with Crippen LogP contribution in [-0.4, -0.2) is 33.5 Å². The van der Waals surface area contributed by atoms with E-state index in [1.807, 2.05) is 12.1 Å². The van der Waals surface area contributed by atoms with Gasteiger partial charge >= 0.3 is 5.97 Å². The Morgan fingerprint density at radius 1 is 1.24 bits per heavy atom. The van der Waals surface area contributed by atoms with Gasteiger partial charge in [0.1, 0.15) is 0 Å². The molecule has 0 aliphatic carbocycles. The van der Waals surface area contributed by atoms with E-state index in [1.54, 1.807) is 24.0 Å². The van der Waals surface area contributed by atoms with Gasteiger partial charge in [0.25, 0.3) is 5.91 Å². The number of carbonyl (C=O) groups is 2. The maximum atomic E-state index is 12.1. The van der Waals surface area contributed by atoms with Crippen LogP contribution in [0.5, 0.6) is 0 Å². The molecule has 1 amide bonds. The summed E-state index contributed by atoms with van der Waals surface area (Å²) in [7, 11) is 0. The molecule has 2 aromatic heterocycles. The largest absolute Gasteiger partial charge is 0.478 e. The number of carboxylic acid groups (broad SMARTS) is 1. The van der Waals surface area contributed by atoms with Gasteiger partial charge in [0.05, 0.1) is 0 Å². The van der Waals surface area contributed by atoms with Gasteiger partial charge in [-0.25, -0.2) is 9.78 Å². The highest BCUT2D eigenvalue weighted by Crippen LogP contribution is 2.18. The Hall–Kier alpha value is -2.54. The first-order chi connectivity index (χ1) is 10.2. The number of amides is 1. The molecule has 7 heteroatoms. The van der Waals surface area contributed by atoms with Crippen molar-refractivity contribution in [1.82, 2.24) is 9.97 Å². The van der Waals surface area contributed by atoms with Crippen molar-refractivity contribution < 1.29 is 14.7 Å². The zero-order valence-electron chi connectivity index (χ0n) is 11.0. The van der Waals surface area contributed by atoms with E-state index in [2.05, 4.69) is 9.97 Å². The molecule has 0 atom stereocenters. The number of rotatable bonds is 6. The Morgan fingerprint density at radius 2 is 2.00 bits per heavy atom. The topological polar surface area (TPSA) is 83.4 Å². The molecule has 0 aliphatic heterocycles.